The van der Waals surface area contributed by atoms with Crippen LogP contribution in [0.4, 0.5) is 9.93 Å². The van der Waals surface area contributed by atoms with Gasteiger partial charge < -0.3 is 19.9 Å². The molecule has 168 valence electrons. The van der Waals surface area contributed by atoms with E-state index < -0.39 is 0 Å². The molecule has 2 amide bonds. The van der Waals surface area contributed by atoms with Gasteiger partial charge in [0.25, 0.3) is 5.56 Å². The predicted octanol–water partition coefficient (Wildman–Crippen LogP) is 1.41. The zero-order valence-electron chi connectivity index (χ0n) is 17.9. The molecule has 31 heavy (non-hydrogen) atoms. The highest BCUT2D eigenvalue weighted by Gasteiger charge is 2.31. The van der Waals surface area contributed by atoms with E-state index in [1.165, 1.54) is 21.9 Å². The van der Waals surface area contributed by atoms with Crippen LogP contribution in [0.15, 0.2) is 10.9 Å². The number of piperidine rings is 2. The summed E-state index contributed by atoms with van der Waals surface area (Å²) >= 11 is 1.37. The second-order valence-electron chi connectivity index (χ2n) is 8.07. The van der Waals surface area contributed by atoms with Gasteiger partial charge in [0.2, 0.25) is 16.0 Å². The Balaban J connectivity index is 1.35. The first kappa shape index (κ1) is 21.5. The molecule has 11 heteroatoms. The highest BCUT2D eigenvalue weighted by Crippen LogP contribution is 2.27. The minimum Gasteiger partial charge on any atom is -0.450 e. The van der Waals surface area contributed by atoms with Crippen molar-refractivity contribution in [2.75, 3.05) is 37.7 Å². The fraction of sp³-hybridized carbons (Fsp3) is 0.650. The number of hydrogen-bond acceptors (Lipinski definition) is 8. The molecular formula is C20H28N6O4S. The maximum Gasteiger partial charge on any atom is 0.409 e. The Morgan fingerprint density at radius 1 is 1.26 bits per heavy atom. The number of ether oxygens (including phenoxy) is 1. The quantitative estimate of drug-likeness (QED) is 0.753. The van der Waals surface area contributed by atoms with Gasteiger partial charge in [-0.1, -0.05) is 11.3 Å². The SMILES string of the molecule is CCOC(=O)N1CCC(NC(=O)[C@H]2CCCN(c3nn4c(=O)cc(C)nc4s3)C2)CC1. The summed E-state index contributed by atoms with van der Waals surface area (Å²) < 4.78 is 6.37. The first-order valence-corrected chi connectivity index (χ1v) is 11.6. The Kier molecular flexibility index (Phi) is 6.40. The molecule has 2 fully saturated rings. The van der Waals surface area contributed by atoms with Crippen molar-refractivity contribution in [3.8, 4) is 0 Å². The molecule has 0 spiro atoms. The van der Waals surface area contributed by atoms with Crippen molar-refractivity contribution in [3.05, 3.63) is 22.1 Å². The maximum absolute atomic E-state index is 12.9. The molecule has 0 radical (unpaired) electrons. The van der Waals surface area contributed by atoms with Gasteiger partial charge in [0.1, 0.15) is 0 Å². The molecular weight excluding hydrogens is 420 g/mol. The predicted molar refractivity (Wildman–Crippen MR) is 117 cm³/mol. The summed E-state index contributed by atoms with van der Waals surface area (Å²) in [6, 6.07) is 1.54. The Morgan fingerprint density at radius 3 is 2.77 bits per heavy atom. The van der Waals surface area contributed by atoms with Crippen LogP contribution in [0.5, 0.6) is 0 Å². The molecule has 2 aliphatic rings. The van der Waals surface area contributed by atoms with Crippen LogP contribution in [0.3, 0.4) is 0 Å². The van der Waals surface area contributed by atoms with Crippen molar-refractivity contribution in [2.45, 2.75) is 45.6 Å². The number of carbonyl (C=O) groups excluding carboxylic acids is 2. The summed E-state index contributed by atoms with van der Waals surface area (Å²) in [5.41, 5.74) is 0.482. The van der Waals surface area contributed by atoms with E-state index >= 15 is 0 Å². The third kappa shape index (κ3) is 4.81. The van der Waals surface area contributed by atoms with Gasteiger partial charge in [-0.25, -0.2) is 9.78 Å². The molecule has 0 bridgehead atoms. The number of carbonyl (C=O) groups is 2. The van der Waals surface area contributed by atoms with Gasteiger partial charge in [0, 0.05) is 44.0 Å². The number of likely N-dealkylation sites (tertiary alicyclic amines) is 1. The monoisotopic (exact) mass is 448 g/mol. The lowest BCUT2D eigenvalue weighted by molar-refractivity contribution is -0.126. The Morgan fingerprint density at radius 2 is 2.03 bits per heavy atom. The minimum atomic E-state index is -0.283. The van der Waals surface area contributed by atoms with Crippen molar-refractivity contribution in [2.24, 2.45) is 5.92 Å². The van der Waals surface area contributed by atoms with Crippen LogP contribution in [0.2, 0.25) is 0 Å². The molecule has 0 aliphatic carbocycles. The lowest BCUT2D eigenvalue weighted by Crippen LogP contribution is -2.50. The lowest BCUT2D eigenvalue weighted by Gasteiger charge is -2.35. The van der Waals surface area contributed by atoms with Gasteiger partial charge in [-0.2, -0.15) is 4.52 Å². The number of aromatic nitrogens is 3. The molecule has 10 nitrogen and oxygen atoms in total. The van der Waals surface area contributed by atoms with Gasteiger partial charge in [-0.3, -0.25) is 9.59 Å². The average Bonchev–Trinajstić information content (AvgIpc) is 3.19. The average molecular weight is 449 g/mol. The number of aryl methyl sites for hydroxylation is 1. The van der Waals surface area contributed by atoms with Crippen LogP contribution in [0.1, 0.15) is 38.3 Å². The van der Waals surface area contributed by atoms with Gasteiger partial charge in [-0.05, 0) is 39.5 Å². The number of hydrogen-bond donors (Lipinski definition) is 1. The van der Waals surface area contributed by atoms with Crippen LogP contribution in [0, 0.1) is 12.8 Å². The largest absolute Gasteiger partial charge is 0.450 e. The van der Waals surface area contributed by atoms with E-state index in [4.69, 9.17) is 4.74 Å². The minimum absolute atomic E-state index is 0.0477. The fourth-order valence-electron chi connectivity index (χ4n) is 4.14. The Bertz CT molecular complexity index is 1010. The molecule has 0 saturated carbocycles. The van der Waals surface area contributed by atoms with E-state index in [-0.39, 0.29) is 29.5 Å². The number of nitrogens with zero attached hydrogens (tertiary/aromatic N) is 5. The fourth-order valence-corrected chi connectivity index (χ4v) is 5.13. The summed E-state index contributed by atoms with van der Waals surface area (Å²) in [5, 5.41) is 8.32. The van der Waals surface area contributed by atoms with E-state index in [0.29, 0.717) is 36.9 Å². The summed E-state index contributed by atoms with van der Waals surface area (Å²) in [6.45, 7) is 6.51. The lowest BCUT2D eigenvalue weighted by atomic mass is 9.96. The number of rotatable bonds is 4. The first-order chi connectivity index (χ1) is 14.9. The van der Waals surface area contributed by atoms with Gasteiger partial charge in [0.05, 0.1) is 12.5 Å². The second-order valence-corrected chi connectivity index (χ2v) is 9.00. The normalized spacial score (nSPS) is 20.1. The summed E-state index contributed by atoms with van der Waals surface area (Å²) in [5.74, 6) is -0.0817. The van der Waals surface area contributed by atoms with E-state index in [1.807, 2.05) is 0 Å². The van der Waals surface area contributed by atoms with Crippen molar-refractivity contribution in [3.63, 3.8) is 0 Å². The molecule has 0 unspecified atom stereocenters. The molecule has 1 N–H and O–H groups in total. The number of anilines is 1. The summed E-state index contributed by atoms with van der Waals surface area (Å²) in [6.07, 6.45) is 2.89. The molecule has 1 atom stereocenters. The van der Waals surface area contributed by atoms with Gasteiger partial charge >= 0.3 is 6.09 Å². The summed E-state index contributed by atoms with van der Waals surface area (Å²) in [7, 11) is 0. The van der Waals surface area contributed by atoms with Crippen molar-refractivity contribution in [1.82, 2.24) is 24.8 Å². The number of amides is 2. The van der Waals surface area contributed by atoms with Crippen LogP contribution in [-0.2, 0) is 9.53 Å². The Hall–Kier alpha value is -2.69. The highest BCUT2D eigenvalue weighted by molar-refractivity contribution is 7.20. The smallest absolute Gasteiger partial charge is 0.409 e. The zero-order valence-corrected chi connectivity index (χ0v) is 18.7. The molecule has 4 heterocycles. The summed E-state index contributed by atoms with van der Waals surface area (Å²) in [4.78, 5) is 45.6. The van der Waals surface area contributed by atoms with Crippen LogP contribution in [-0.4, -0.2) is 70.3 Å². The van der Waals surface area contributed by atoms with E-state index in [0.717, 1.165) is 37.4 Å². The van der Waals surface area contributed by atoms with Crippen LogP contribution in [0.25, 0.3) is 4.96 Å². The topological polar surface area (TPSA) is 109 Å². The van der Waals surface area contributed by atoms with Crippen molar-refractivity contribution in [1.29, 1.82) is 0 Å². The van der Waals surface area contributed by atoms with E-state index in [2.05, 4.69) is 20.3 Å². The number of fused-ring (bicyclic) bond motifs is 1. The first-order valence-electron chi connectivity index (χ1n) is 10.8. The highest BCUT2D eigenvalue weighted by atomic mass is 32.1. The van der Waals surface area contributed by atoms with Crippen molar-refractivity contribution < 1.29 is 14.3 Å². The molecule has 2 saturated heterocycles. The van der Waals surface area contributed by atoms with Gasteiger partial charge in [-0.15, -0.1) is 5.10 Å². The zero-order chi connectivity index (χ0) is 22.0. The third-order valence-electron chi connectivity index (χ3n) is 5.79. The second kappa shape index (κ2) is 9.21. The third-order valence-corrected chi connectivity index (χ3v) is 6.76. The van der Waals surface area contributed by atoms with Crippen LogP contribution >= 0.6 is 11.3 Å². The van der Waals surface area contributed by atoms with Gasteiger partial charge in [0.15, 0.2) is 0 Å². The molecule has 4 rings (SSSR count). The molecule has 2 aromatic heterocycles. The molecule has 2 aliphatic heterocycles. The maximum atomic E-state index is 12.9. The standard InChI is InChI=1S/C20H28N6O4S/c1-3-30-20(29)24-9-6-15(7-10-24)22-17(28)14-5-4-8-25(12-14)19-23-26-16(27)11-13(2)21-18(26)31-19/h11,14-15H,3-10,12H2,1-2H3,(H,22,28)/t14-/m0/s1. The van der Waals surface area contributed by atoms with Crippen molar-refractivity contribution >= 4 is 33.4 Å². The van der Waals surface area contributed by atoms with Crippen LogP contribution < -0.4 is 15.8 Å². The molecule has 0 aromatic carbocycles. The van der Waals surface area contributed by atoms with E-state index in [1.54, 1.807) is 18.7 Å². The molecule has 2 aromatic rings. The Labute approximate surface area is 184 Å². The number of nitrogens with one attached hydrogen (secondary N) is 1. The van der Waals surface area contributed by atoms with E-state index in [9.17, 15) is 14.4 Å².